The molecule has 2 aromatic heterocycles. The van der Waals surface area contributed by atoms with Crippen LogP contribution < -0.4 is 0 Å². The number of halogens is 1. The molecule has 0 aliphatic carbocycles. The fourth-order valence-electron chi connectivity index (χ4n) is 2.05. The maximum Gasteiger partial charge on any atom is 0.168 e. The molecule has 3 rings (SSSR count). The van der Waals surface area contributed by atoms with Gasteiger partial charge in [-0.1, -0.05) is 0 Å². The molecule has 1 N–H and O–H groups in total. The number of pyridine rings is 1. The Kier molecular flexibility index (Phi) is 2.59. The van der Waals surface area contributed by atoms with Crippen LogP contribution in [0.1, 0.15) is 5.56 Å². The predicted octanol–water partition coefficient (Wildman–Crippen LogP) is 2.84. The third-order valence-corrected chi connectivity index (χ3v) is 3.08. The molecule has 3 aromatic rings. The van der Waals surface area contributed by atoms with E-state index in [0.717, 1.165) is 10.8 Å². The molecular weight excluding hydrogens is 245 g/mol. The zero-order valence-corrected chi connectivity index (χ0v) is 10.1. The molecule has 0 aliphatic rings. The number of benzene rings is 1. The molecule has 0 fully saturated rings. The van der Waals surface area contributed by atoms with Gasteiger partial charge in [-0.05, 0) is 30.7 Å². The van der Waals surface area contributed by atoms with Crippen molar-refractivity contribution in [2.45, 2.75) is 6.92 Å². The van der Waals surface area contributed by atoms with Crippen LogP contribution >= 0.6 is 0 Å². The standard InChI is InChI=1S/C14H10FN3O/c1-8-10(2-3-12(19)13(8)15)14-11-4-5-16-6-9(11)7-17-18-14/h2-7,19H,1H3. The Morgan fingerprint density at radius 2 is 2.00 bits per heavy atom. The first-order valence-electron chi connectivity index (χ1n) is 5.72. The Morgan fingerprint density at radius 1 is 1.16 bits per heavy atom. The van der Waals surface area contributed by atoms with Gasteiger partial charge in [-0.3, -0.25) is 4.98 Å². The molecule has 0 radical (unpaired) electrons. The van der Waals surface area contributed by atoms with Gasteiger partial charge in [0.05, 0.1) is 6.20 Å². The molecule has 2 heterocycles. The fourth-order valence-corrected chi connectivity index (χ4v) is 2.05. The topological polar surface area (TPSA) is 58.9 Å². The summed E-state index contributed by atoms with van der Waals surface area (Å²) >= 11 is 0. The van der Waals surface area contributed by atoms with Gasteiger partial charge in [0.2, 0.25) is 0 Å². The molecule has 4 nitrogen and oxygen atoms in total. The lowest BCUT2D eigenvalue weighted by molar-refractivity contribution is 0.430. The highest BCUT2D eigenvalue weighted by Gasteiger charge is 2.14. The number of hydrogen-bond acceptors (Lipinski definition) is 4. The van der Waals surface area contributed by atoms with Crippen LogP contribution in [0.15, 0.2) is 36.8 Å². The Labute approximate surface area is 108 Å². The van der Waals surface area contributed by atoms with Crippen molar-refractivity contribution in [2.75, 3.05) is 0 Å². The number of phenols is 1. The van der Waals surface area contributed by atoms with Crippen molar-refractivity contribution in [3.63, 3.8) is 0 Å². The van der Waals surface area contributed by atoms with Gasteiger partial charge in [-0.2, -0.15) is 5.10 Å². The van der Waals surface area contributed by atoms with E-state index in [0.29, 0.717) is 16.8 Å². The van der Waals surface area contributed by atoms with Crippen molar-refractivity contribution < 1.29 is 9.50 Å². The largest absolute Gasteiger partial charge is 0.505 e. The Bertz CT molecular complexity index is 768. The van der Waals surface area contributed by atoms with E-state index >= 15 is 0 Å². The van der Waals surface area contributed by atoms with Crippen LogP contribution in [0.2, 0.25) is 0 Å². The first kappa shape index (κ1) is 11.5. The molecule has 5 heteroatoms. The Hall–Kier alpha value is -2.56. The minimum absolute atomic E-state index is 0.346. The van der Waals surface area contributed by atoms with E-state index in [1.165, 1.54) is 6.07 Å². The lowest BCUT2D eigenvalue weighted by Gasteiger charge is -2.09. The van der Waals surface area contributed by atoms with Crippen molar-refractivity contribution in [3.05, 3.63) is 48.2 Å². The molecule has 0 saturated carbocycles. The maximum atomic E-state index is 13.8. The van der Waals surface area contributed by atoms with E-state index in [-0.39, 0.29) is 5.75 Å². The third kappa shape index (κ3) is 1.79. The van der Waals surface area contributed by atoms with Crippen molar-refractivity contribution in [2.24, 2.45) is 0 Å². The molecule has 0 spiro atoms. The summed E-state index contributed by atoms with van der Waals surface area (Å²) in [6, 6.07) is 4.76. The Balaban J connectivity index is 2.34. The average Bonchev–Trinajstić information content (AvgIpc) is 2.45. The highest BCUT2D eigenvalue weighted by Crippen LogP contribution is 2.31. The molecule has 0 bridgehead atoms. The van der Waals surface area contributed by atoms with Crippen molar-refractivity contribution in [3.8, 4) is 17.0 Å². The number of aromatic nitrogens is 3. The molecule has 0 unspecified atom stereocenters. The molecule has 0 atom stereocenters. The monoisotopic (exact) mass is 255 g/mol. The molecule has 0 amide bonds. The van der Waals surface area contributed by atoms with Gasteiger partial charge in [-0.25, -0.2) is 4.39 Å². The lowest BCUT2D eigenvalue weighted by atomic mass is 10.0. The summed E-state index contributed by atoms with van der Waals surface area (Å²) in [5.41, 5.74) is 1.54. The highest BCUT2D eigenvalue weighted by molar-refractivity contribution is 5.93. The van der Waals surface area contributed by atoms with Crippen LogP contribution in [-0.4, -0.2) is 20.3 Å². The fraction of sp³-hybridized carbons (Fsp3) is 0.0714. The minimum Gasteiger partial charge on any atom is -0.505 e. The van der Waals surface area contributed by atoms with E-state index < -0.39 is 5.82 Å². The van der Waals surface area contributed by atoms with Crippen LogP contribution in [-0.2, 0) is 0 Å². The van der Waals surface area contributed by atoms with E-state index in [1.54, 1.807) is 31.6 Å². The summed E-state index contributed by atoms with van der Waals surface area (Å²) in [5.74, 6) is -0.999. The second-order valence-electron chi connectivity index (χ2n) is 4.23. The average molecular weight is 255 g/mol. The number of aromatic hydroxyl groups is 1. The summed E-state index contributed by atoms with van der Waals surface area (Å²) in [5, 5.41) is 19.0. The zero-order chi connectivity index (χ0) is 13.4. The number of rotatable bonds is 1. The minimum atomic E-state index is -0.634. The SMILES string of the molecule is Cc1c(-c2nncc3cnccc23)ccc(O)c1F. The van der Waals surface area contributed by atoms with Gasteiger partial charge in [0.25, 0.3) is 0 Å². The number of fused-ring (bicyclic) bond motifs is 1. The molecular formula is C14H10FN3O. The second kappa shape index (κ2) is 4.28. The summed E-state index contributed by atoms with van der Waals surface area (Å²) in [6.07, 6.45) is 4.94. The molecule has 0 aliphatic heterocycles. The van der Waals surface area contributed by atoms with E-state index in [1.807, 2.05) is 6.07 Å². The van der Waals surface area contributed by atoms with Crippen LogP contribution in [0.3, 0.4) is 0 Å². The third-order valence-electron chi connectivity index (χ3n) is 3.08. The van der Waals surface area contributed by atoms with Gasteiger partial charge >= 0.3 is 0 Å². The van der Waals surface area contributed by atoms with Gasteiger partial charge < -0.3 is 5.11 Å². The second-order valence-corrected chi connectivity index (χ2v) is 4.23. The maximum absolute atomic E-state index is 13.8. The van der Waals surface area contributed by atoms with Crippen molar-refractivity contribution in [1.29, 1.82) is 0 Å². The first-order valence-corrected chi connectivity index (χ1v) is 5.72. The van der Waals surface area contributed by atoms with Crippen molar-refractivity contribution in [1.82, 2.24) is 15.2 Å². The van der Waals surface area contributed by atoms with Gasteiger partial charge in [0.15, 0.2) is 11.6 Å². The molecule has 1 aromatic carbocycles. The van der Waals surface area contributed by atoms with E-state index in [9.17, 15) is 9.50 Å². The summed E-state index contributed by atoms with van der Waals surface area (Å²) in [6.45, 7) is 1.60. The number of nitrogens with zero attached hydrogens (tertiary/aromatic N) is 3. The smallest absolute Gasteiger partial charge is 0.168 e. The zero-order valence-electron chi connectivity index (χ0n) is 10.1. The normalized spacial score (nSPS) is 10.8. The summed E-state index contributed by atoms with van der Waals surface area (Å²) in [7, 11) is 0. The van der Waals surface area contributed by atoms with Crippen LogP contribution in [0.25, 0.3) is 22.0 Å². The van der Waals surface area contributed by atoms with E-state index in [4.69, 9.17) is 0 Å². The molecule has 19 heavy (non-hydrogen) atoms. The molecule has 0 saturated heterocycles. The number of phenolic OH excluding ortho intramolecular Hbond substituents is 1. The lowest BCUT2D eigenvalue weighted by Crippen LogP contribution is -1.94. The van der Waals surface area contributed by atoms with Crippen molar-refractivity contribution >= 4 is 10.8 Å². The number of hydrogen-bond donors (Lipinski definition) is 1. The summed E-state index contributed by atoms with van der Waals surface area (Å²) < 4.78 is 13.8. The van der Waals surface area contributed by atoms with Gasteiger partial charge in [-0.15, -0.1) is 5.10 Å². The first-order chi connectivity index (χ1) is 9.18. The van der Waals surface area contributed by atoms with Gasteiger partial charge in [0.1, 0.15) is 5.69 Å². The van der Waals surface area contributed by atoms with Crippen LogP contribution in [0.5, 0.6) is 5.75 Å². The van der Waals surface area contributed by atoms with E-state index in [2.05, 4.69) is 15.2 Å². The Morgan fingerprint density at radius 3 is 2.84 bits per heavy atom. The predicted molar refractivity (Wildman–Crippen MR) is 69.1 cm³/mol. The summed E-state index contributed by atoms with van der Waals surface area (Å²) in [4.78, 5) is 4.02. The quantitative estimate of drug-likeness (QED) is 0.726. The molecule has 94 valence electrons. The van der Waals surface area contributed by atoms with Gasteiger partial charge in [0, 0.05) is 28.7 Å². The van der Waals surface area contributed by atoms with Crippen LogP contribution in [0.4, 0.5) is 4.39 Å². The highest BCUT2D eigenvalue weighted by atomic mass is 19.1. The van der Waals surface area contributed by atoms with Crippen LogP contribution in [0, 0.1) is 12.7 Å².